The summed E-state index contributed by atoms with van der Waals surface area (Å²) in [4.78, 5) is 1.26. The van der Waals surface area contributed by atoms with Gasteiger partial charge in [0.05, 0.1) is 16.6 Å². The highest BCUT2D eigenvalue weighted by atomic mass is 79.9. The van der Waals surface area contributed by atoms with Crippen LogP contribution in [0.3, 0.4) is 0 Å². The molecule has 114 valence electrons. The highest BCUT2D eigenvalue weighted by molar-refractivity contribution is 9.10. The second kappa shape index (κ2) is 5.39. The van der Waals surface area contributed by atoms with E-state index in [0.717, 1.165) is 16.6 Å². The first-order valence-corrected chi connectivity index (χ1v) is 9.16. The van der Waals surface area contributed by atoms with Gasteiger partial charge in [0.2, 0.25) is 0 Å². The third kappa shape index (κ3) is 2.27. The summed E-state index contributed by atoms with van der Waals surface area (Å²) < 4.78 is 7.31. The zero-order valence-electron chi connectivity index (χ0n) is 12.5. The van der Waals surface area contributed by atoms with Crippen molar-refractivity contribution in [1.29, 1.82) is 0 Å². The molecule has 0 N–H and O–H groups in total. The molecule has 2 aliphatic rings. The number of thiophene rings is 1. The number of halogens is 1. The van der Waals surface area contributed by atoms with Gasteiger partial charge in [-0.15, -0.1) is 11.3 Å². The Morgan fingerprint density at radius 3 is 2.95 bits per heavy atom. The van der Waals surface area contributed by atoms with Crippen molar-refractivity contribution in [2.45, 2.75) is 32.5 Å². The number of hydrogen-bond acceptors (Lipinski definition) is 4. The molecule has 0 fully saturated rings. The minimum atomic E-state index is -0.00358. The summed E-state index contributed by atoms with van der Waals surface area (Å²) in [6.45, 7) is 4.37. The Morgan fingerprint density at radius 1 is 1.36 bits per heavy atom. The molecule has 2 aromatic rings. The SMILES string of the molecule is CC(C)[C@@H]1Oc2ccc(Br)cc2[C@@H]2CC(c3cccs3)=NN21. The molecule has 0 bridgehead atoms. The lowest BCUT2D eigenvalue weighted by Gasteiger charge is -2.40. The van der Waals surface area contributed by atoms with Crippen LogP contribution in [0.15, 0.2) is 45.3 Å². The normalized spacial score (nSPS) is 23.1. The first-order chi connectivity index (χ1) is 10.6. The van der Waals surface area contributed by atoms with Gasteiger partial charge in [0.25, 0.3) is 0 Å². The van der Waals surface area contributed by atoms with E-state index in [2.05, 4.69) is 64.4 Å². The van der Waals surface area contributed by atoms with E-state index in [1.807, 2.05) is 6.07 Å². The molecule has 0 saturated heterocycles. The first-order valence-electron chi connectivity index (χ1n) is 7.49. The third-order valence-electron chi connectivity index (χ3n) is 4.16. The molecule has 0 saturated carbocycles. The number of hydrazone groups is 1. The van der Waals surface area contributed by atoms with Crippen LogP contribution >= 0.6 is 27.3 Å². The number of benzene rings is 1. The van der Waals surface area contributed by atoms with Crippen LogP contribution in [0.2, 0.25) is 0 Å². The first kappa shape index (κ1) is 14.3. The molecule has 4 rings (SSSR count). The molecule has 2 atom stereocenters. The van der Waals surface area contributed by atoms with Crippen LogP contribution in [0.25, 0.3) is 0 Å². The van der Waals surface area contributed by atoms with Gasteiger partial charge >= 0.3 is 0 Å². The molecule has 0 radical (unpaired) electrons. The lowest BCUT2D eigenvalue weighted by Crippen LogP contribution is -2.43. The zero-order valence-corrected chi connectivity index (χ0v) is 14.9. The lowest BCUT2D eigenvalue weighted by atomic mass is 9.97. The molecule has 0 unspecified atom stereocenters. The smallest absolute Gasteiger partial charge is 0.190 e. The van der Waals surface area contributed by atoms with Crippen molar-refractivity contribution in [3.8, 4) is 5.75 Å². The highest BCUT2D eigenvalue weighted by Crippen LogP contribution is 2.45. The fraction of sp³-hybridized carbons (Fsp3) is 0.353. The Hall–Kier alpha value is -1.33. The maximum atomic E-state index is 6.23. The van der Waals surface area contributed by atoms with Crippen LogP contribution in [-0.4, -0.2) is 16.9 Å². The van der Waals surface area contributed by atoms with Gasteiger partial charge in [0.15, 0.2) is 6.23 Å². The second-order valence-corrected chi connectivity index (χ2v) is 7.92. The van der Waals surface area contributed by atoms with Crippen LogP contribution in [0, 0.1) is 5.92 Å². The fourth-order valence-electron chi connectivity index (χ4n) is 3.12. The molecule has 1 aromatic carbocycles. The van der Waals surface area contributed by atoms with Gasteiger partial charge in [0.1, 0.15) is 5.75 Å². The minimum absolute atomic E-state index is 0.00358. The molecule has 0 aliphatic carbocycles. The standard InChI is InChI=1S/C17H17BrN2OS/c1-10(2)17-20-14(9-13(19-20)16-4-3-7-22-16)12-8-11(18)5-6-15(12)21-17/h3-8,10,14,17H,9H2,1-2H3/t14-,17-/m0/s1. The quantitative estimate of drug-likeness (QED) is 0.733. The molecular formula is C17H17BrN2OS. The predicted molar refractivity (Wildman–Crippen MR) is 93.4 cm³/mol. The summed E-state index contributed by atoms with van der Waals surface area (Å²) in [6.07, 6.45) is 0.937. The van der Waals surface area contributed by atoms with Gasteiger partial charge in [-0.25, -0.2) is 5.01 Å². The largest absolute Gasteiger partial charge is 0.468 e. The van der Waals surface area contributed by atoms with E-state index in [-0.39, 0.29) is 12.3 Å². The lowest BCUT2D eigenvalue weighted by molar-refractivity contribution is -0.0461. The fourth-order valence-corrected chi connectivity index (χ4v) is 4.22. The molecule has 3 nitrogen and oxygen atoms in total. The van der Waals surface area contributed by atoms with Gasteiger partial charge < -0.3 is 4.74 Å². The van der Waals surface area contributed by atoms with Crippen molar-refractivity contribution >= 4 is 33.0 Å². The van der Waals surface area contributed by atoms with Crippen LogP contribution in [0.5, 0.6) is 5.75 Å². The highest BCUT2D eigenvalue weighted by Gasteiger charge is 2.41. The number of ether oxygens (including phenoxy) is 1. The molecule has 5 heteroatoms. The molecule has 1 aromatic heterocycles. The maximum Gasteiger partial charge on any atom is 0.190 e. The van der Waals surface area contributed by atoms with E-state index in [9.17, 15) is 0 Å². The molecular weight excluding hydrogens is 360 g/mol. The van der Waals surface area contributed by atoms with Crippen LogP contribution in [0.1, 0.15) is 36.8 Å². The number of rotatable bonds is 2. The van der Waals surface area contributed by atoms with Crippen molar-refractivity contribution in [3.05, 3.63) is 50.6 Å². The van der Waals surface area contributed by atoms with Crippen molar-refractivity contribution < 1.29 is 4.74 Å². The van der Waals surface area contributed by atoms with Crippen molar-refractivity contribution in [2.24, 2.45) is 11.0 Å². The van der Waals surface area contributed by atoms with Gasteiger partial charge in [-0.05, 0) is 29.6 Å². The average molecular weight is 377 g/mol. The van der Waals surface area contributed by atoms with E-state index in [0.29, 0.717) is 5.92 Å². The summed E-state index contributed by atoms with van der Waals surface area (Å²) in [5.41, 5.74) is 2.39. The summed E-state index contributed by atoms with van der Waals surface area (Å²) in [7, 11) is 0. The van der Waals surface area contributed by atoms with Crippen molar-refractivity contribution in [3.63, 3.8) is 0 Å². The minimum Gasteiger partial charge on any atom is -0.468 e. The number of hydrogen-bond donors (Lipinski definition) is 0. The van der Waals surface area contributed by atoms with E-state index < -0.39 is 0 Å². The molecule has 22 heavy (non-hydrogen) atoms. The molecule has 0 amide bonds. The summed E-state index contributed by atoms with van der Waals surface area (Å²) in [5.74, 6) is 1.37. The predicted octanol–water partition coefficient (Wildman–Crippen LogP) is 5.04. The number of nitrogens with zero attached hydrogens (tertiary/aromatic N) is 2. The van der Waals surface area contributed by atoms with Crippen LogP contribution < -0.4 is 4.74 Å². The van der Waals surface area contributed by atoms with Gasteiger partial charge in [-0.2, -0.15) is 5.10 Å². The Labute approximate surface area is 142 Å². The summed E-state index contributed by atoms with van der Waals surface area (Å²) >= 11 is 5.33. The van der Waals surface area contributed by atoms with E-state index >= 15 is 0 Å². The van der Waals surface area contributed by atoms with E-state index in [1.165, 1.54) is 16.2 Å². The second-order valence-electron chi connectivity index (χ2n) is 6.06. The average Bonchev–Trinajstić information content (AvgIpc) is 3.15. The topological polar surface area (TPSA) is 24.8 Å². The third-order valence-corrected chi connectivity index (χ3v) is 5.57. The van der Waals surface area contributed by atoms with Gasteiger partial charge in [-0.1, -0.05) is 35.8 Å². The van der Waals surface area contributed by atoms with E-state index in [4.69, 9.17) is 9.84 Å². The Kier molecular flexibility index (Phi) is 3.50. The van der Waals surface area contributed by atoms with Gasteiger partial charge in [-0.3, -0.25) is 0 Å². The van der Waals surface area contributed by atoms with Crippen LogP contribution in [-0.2, 0) is 0 Å². The molecule has 3 heterocycles. The maximum absolute atomic E-state index is 6.23. The summed E-state index contributed by atoms with van der Waals surface area (Å²) in [6, 6.07) is 10.8. The van der Waals surface area contributed by atoms with Crippen molar-refractivity contribution in [1.82, 2.24) is 5.01 Å². The molecule has 0 spiro atoms. The Balaban J connectivity index is 1.78. The number of fused-ring (bicyclic) bond motifs is 3. The zero-order chi connectivity index (χ0) is 15.3. The summed E-state index contributed by atoms with van der Waals surface area (Å²) in [5, 5.41) is 9.17. The Bertz CT molecular complexity index is 726. The molecule has 2 aliphatic heterocycles. The van der Waals surface area contributed by atoms with E-state index in [1.54, 1.807) is 11.3 Å². The van der Waals surface area contributed by atoms with Gasteiger partial charge in [0, 0.05) is 22.4 Å². The Morgan fingerprint density at radius 2 is 2.23 bits per heavy atom. The van der Waals surface area contributed by atoms with Crippen LogP contribution in [0.4, 0.5) is 0 Å². The monoisotopic (exact) mass is 376 g/mol. The van der Waals surface area contributed by atoms with Crippen molar-refractivity contribution in [2.75, 3.05) is 0 Å².